The normalized spacial score (nSPS) is 11.7. The van der Waals surface area contributed by atoms with Gasteiger partial charge in [-0.05, 0) is 24.6 Å². The Morgan fingerprint density at radius 2 is 1.69 bits per heavy atom. The van der Waals surface area contributed by atoms with Crippen molar-refractivity contribution in [3.05, 3.63) is 11.8 Å². The zero-order valence-electron chi connectivity index (χ0n) is 8.63. The Balaban J connectivity index is 4.26. The molecule has 0 radical (unpaired) electrons. The summed E-state index contributed by atoms with van der Waals surface area (Å²) in [5, 5.41) is 0.880. The molecule has 0 saturated carbocycles. The molecule has 0 aromatic rings. The van der Waals surface area contributed by atoms with Gasteiger partial charge in [0.2, 0.25) is 0 Å². The predicted molar refractivity (Wildman–Crippen MR) is 54.2 cm³/mol. The monoisotopic (exact) mass is 205 g/mol. The Labute approximate surface area is 81.0 Å². The molecule has 13 heavy (non-hydrogen) atoms. The lowest BCUT2D eigenvalue weighted by Gasteiger charge is -2.26. The lowest BCUT2D eigenvalue weighted by atomic mass is 10.3. The van der Waals surface area contributed by atoms with Crippen LogP contribution in [0.25, 0.3) is 0 Å². The molecule has 0 aliphatic carbocycles. The standard InChI is InChI=1S/C8H19NO3Si/c1-8(6-5-7-9)13(10-2,11-3)12-4/h1,5-7,9H2,2-4H3. The highest BCUT2D eigenvalue weighted by atomic mass is 28.4. The predicted octanol–water partition coefficient (Wildman–Crippen LogP) is 0.699. The second-order valence-corrected chi connectivity index (χ2v) is 5.71. The fourth-order valence-corrected chi connectivity index (χ4v) is 3.00. The van der Waals surface area contributed by atoms with Gasteiger partial charge in [-0.2, -0.15) is 0 Å². The van der Waals surface area contributed by atoms with Crippen molar-refractivity contribution < 1.29 is 13.3 Å². The fourth-order valence-electron chi connectivity index (χ4n) is 1.15. The molecule has 0 aromatic carbocycles. The molecule has 5 heteroatoms. The summed E-state index contributed by atoms with van der Waals surface area (Å²) in [4.78, 5) is 0. The van der Waals surface area contributed by atoms with E-state index < -0.39 is 8.80 Å². The smallest absolute Gasteiger partial charge is 0.374 e. The Hall–Kier alpha value is -0.203. The van der Waals surface area contributed by atoms with Crippen LogP contribution in [0.5, 0.6) is 0 Å². The number of hydrogen-bond donors (Lipinski definition) is 1. The van der Waals surface area contributed by atoms with Crippen LogP contribution in [0.3, 0.4) is 0 Å². The molecular formula is C8H19NO3Si. The van der Waals surface area contributed by atoms with Crippen LogP contribution < -0.4 is 5.73 Å². The van der Waals surface area contributed by atoms with E-state index in [9.17, 15) is 0 Å². The third-order valence-electron chi connectivity index (χ3n) is 1.92. The molecule has 0 amide bonds. The second kappa shape index (κ2) is 6.28. The molecule has 0 aromatic heterocycles. The molecule has 0 aliphatic heterocycles. The number of rotatable bonds is 7. The van der Waals surface area contributed by atoms with Gasteiger partial charge in [-0.15, -0.1) is 0 Å². The van der Waals surface area contributed by atoms with Crippen LogP contribution in [0, 0.1) is 0 Å². The largest absolute Gasteiger partial charge is 0.531 e. The van der Waals surface area contributed by atoms with Gasteiger partial charge in [-0.3, -0.25) is 0 Å². The first-order valence-electron chi connectivity index (χ1n) is 4.20. The van der Waals surface area contributed by atoms with E-state index in [1.165, 1.54) is 0 Å². The topological polar surface area (TPSA) is 53.7 Å². The molecule has 78 valence electrons. The van der Waals surface area contributed by atoms with Gasteiger partial charge in [0.1, 0.15) is 0 Å². The highest BCUT2D eigenvalue weighted by Crippen LogP contribution is 2.19. The summed E-state index contributed by atoms with van der Waals surface area (Å²) in [6, 6.07) is 0. The lowest BCUT2D eigenvalue weighted by Crippen LogP contribution is -2.45. The summed E-state index contributed by atoms with van der Waals surface area (Å²) < 4.78 is 15.7. The van der Waals surface area contributed by atoms with Crippen LogP contribution in [0.2, 0.25) is 0 Å². The minimum absolute atomic E-state index is 0.640. The van der Waals surface area contributed by atoms with Crippen molar-refractivity contribution in [3.63, 3.8) is 0 Å². The molecule has 0 spiro atoms. The van der Waals surface area contributed by atoms with Crippen LogP contribution in [0.15, 0.2) is 11.8 Å². The first-order chi connectivity index (χ1) is 6.16. The van der Waals surface area contributed by atoms with Crippen molar-refractivity contribution in [3.8, 4) is 0 Å². The maximum Gasteiger partial charge on any atom is 0.531 e. The molecule has 0 atom stereocenters. The summed E-state index contributed by atoms with van der Waals surface area (Å²) >= 11 is 0. The van der Waals surface area contributed by atoms with E-state index in [2.05, 4.69) is 6.58 Å². The van der Waals surface area contributed by atoms with Gasteiger partial charge in [0, 0.05) is 21.3 Å². The van der Waals surface area contributed by atoms with E-state index in [1.807, 2.05) is 0 Å². The van der Waals surface area contributed by atoms with E-state index in [-0.39, 0.29) is 0 Å². The number of allylic oxidation sites excluding steroid dienone is 1. The molecule has 0 unspecified atom stereocenters. The van der Waals surface area contributed by atoms with Gasteiger partial charge in [0.25, 0.3) is 0 Å². The third-order valence-corrected chi connectivity index (χ3v) is 4.65. The van der Waals surface area contributed by atoms with Crippen molar-refractivity contribution in [1.82, 2.24) is 0 Å². The maximum atomic E-state index is 5.40. The number of hydrogen-bond acceptors (Lipinski definition) is 4. The Morgan fingerprint density at radius 3 is 2.00 bits per heavy atom. The quantitative estimate of drug-likeness (QED) is 0.622. The van der Waals surface area contributed by atoms with Crippen molar-refractivity contribution in [2.24, 2.45) is 5.73 Å². The highest BCUT2D eigenvalue weighted by Gasteiger charge is 2.40. The first-order valence-corrected chi connectivity index (χ1v) is 5.93. The minimum atomic E-state index is -2.61. The molecule has 0 bridgehead atoms. The van der Waals surface area contributed by atoms with Gasteiger partial charge in [-0.25, -0.2) is 0 Å². The van der Waals surface area contributed by atoms with Gasteiger partial charge in [0.15, 0.2) is 0 Å². The third kappa shape index (κ3) is 3.20. The average Bonchev–Trinajstić information content (AvgIpc) is 2.18. The average molecular weight is 205 g/mol. The van der Waals surface area contributed by atoms with Gasteiger partial charge in [-0.1, -0.05) is 6.58 Å². The zero-order chi connectivity index (χ0) is 10.3. The summed E-state index contributed by atoms with van der Waals surface area (Å²) in [5.74, 6) is 0. The van der Waals surface area contributed by atoms with Gasteiger partial charge >= 0.3 is 8.80 Å². The summed E-state index contributed by atoms with van der Waals surface area (Å²) in [6.07, 6.45) is 1.67. The molecule has 2 N–H and O–H groups in total. The van der Waals surface area contributed by atoms with Crippen LogP contribution in [-0.4, -0.2) is 36.7 Å². The Kier molecular flexibility index (Phi) is 6.18. The molecule has 0 heterocycles. The van der Waals surface area contributed by atoms with Crippen molar-refractivity contribution in [2.45, 2.75) is 12.8 Å². The van der Waals surface area contributed by atoms with Crippen LogP contribution in [0.4, 0.5) is 0 Å². The van der Waals surface area contributed by atoms with Crippen LogP contribution in [0.1, 0.15) is 12.8 Å². The lowest BCUT2D eigenvalue weighted by molar-refractivity contribution is 0.133. The molecule has 0 fully saturated rings. The number of nitrogens with two attached hydrogens (primary N) is 1. The van der Waals surface area contributed by atoms with E-state index in [0.717, 1.165) is 18.0 Å². The van der Waals surface area contributed by atoms with Gasteiger partial charge in [0.05, 0.1) is 0 Å². The van der Waals surface area contributed by atoms with Crippen LogP contribution in [-0.2, 0) is 13.3 Å². The molecule has 0 rings (SSSR count). The summed E-state index contributed by atoms with van der Waals surface area (Å²) in [6.45, 7) is 4.55. The fraction of sp³-hybridized carbons (Fsp3) is 0.750. The van der Waals surface area contributed by atoms with Crippen LogP contribution >= 0.6 is 0 Å². The van der Waals surface area contributed by atoms with Crippen molar-refractivity contribution in [1.29, 1.82) is 0 Å². The molecular weight excluding hydrogens is 186 g/mol. The van der Waals surface area contributed by atoms with E-state index in [0.29, 0.717) is 6.54 Å². The zero-order valence-corrected chi connectivity index (χ0v) is 9.63. The van der Waals surface area contributed by atoms with E-state index in [1.54, 1.807) is 21.3 Å². The first kappa shape index (κ1) is 12.8. The Bertz CT molecular complexity index is 151. The van der Waals surface area contributed by atoms with Crippen molar-refractivity contribution >= 4 is 8.80 Å². The summed E-state index contributed by atoms with van der Waals surface area (Å²) in [7, 11) is 2.12. The SMILES string of the molecule is C=C(CCCN)[Si](OC)(OC)OC. The molecule has 4 nitrogen and oxygen atoms in total. The maximum absolute atomic E-state index is 5.40. The summed E-state index contributed by atoms with van der Waals surface area (Å²) in [5.41, 5.74) is 5.40. The van der Waals surface area contributed by atoms with E-state index >= 15 is 0 Å². The second-order valence-electron chi connectivity index (χ2n) is 2.66. The van der Waals surface area contributed by atoms with Crippen molar-refractivity contribution in [2.75, 3.05) is 27.9 Å². The van der Waals surface area contributed by atoms with E-state index in [4.69, 9.17) is 19.0 Å². The Morgan fingerprint density at radius 1 is 1.23 bits per heavy atom. The van der Waals surface area contributed by atoms with Gasteiger partial charge < -0.3 is 19.0 Å². The highest BCUT2D eigenvalue weighted by molar-refractivity contribution is 6.68. The minimum Gasteiger partial charge on any atom is -0.374 e. The molecule has 0 aliphatic rings. The molecule has 0 saturated heterocycles.